The van der Waals surface area contributed by atoms with Crippen LogP contribution in [0.4, 0.5) is 0 Å². The minimum absolute atomic E-state index is 0.118. The van der Waals surface area contributed by atoms with Crippen LogP contribution in [0, 0.1) is 6.92 Å². The average molecular weight is 343 g/mol. The SMILES string of the molecule is CCc1ccc(CN2Cc3cc(-c4cncnc4)cc(C)c3C2=O)cc1. The summed E-state index contributed by atoms with van der Waals surface area (Å²) in [4.78, 5) is 23.0. The van der Waals surface area contributed by atoms with Crippen LogP contribution in [0.5, 0.6) is 0 Å². The number of amides is 1. The van der Waals surface area contributed by atoms with Gasteiger partial charge in [0.1, 0.15) is 6.33 Å². The van der Waals surface area contributed by atoms with Crippen molar-refractivity contribution in [3.63, 3.8) is 0 Å². The predicted molar refractivity (Wildman–Crippen MR) is 102 cm³/mol. The minimum Gasteiger partial charge on any atom is -0.330 e. The Morgan fingerprint density at radius 3 is 2.38 bits per heavy atom. The molecule has 0 saturated heterocycles. The Bertz CT molecular complexity index is 949. The van der Waals surface area contributed by atoms with E-state index in [-0.39, 0.29) is 5.91 Å². The van der Waals surface area contributed by atoms with Gasteiger partial charge in [-0.15, -0.1) is 0 Å². The van der Waals surface area contributed by atoms with Crippen LogP contribution in [-0.2, 0) is 19.5 Å². The van der Waals surface area contributed by atoms with Crippen LogP contribution in [0.15, 0.2) is 55.1 Å². The van der Waals surface area contributed by atoms with Crippen LogP contribution in [0.25, 0.3) is 11.1 Å². The molecule has 1 aliphatic heterocycles. The second kappa shape index (κ2) is 6.71. The maximum atomic E-state index is 12.9. The standard InChI is InChI=1S/C22H21N3O/c1-3-16-4-6-17(7-5-16)12-25-13-19-9-18(20-10-23-14-24-11-20)8-15(2)21(19)22(25)26/h4-11,14H,3,12-13H2,1-2H3. The molecule has 0 saturated carbocycles. The summed E-state index contributed by atoms with van der Waals surface area (Å²) in [6.45, 7) is 5.43. The Morgan fingerprint density at radius 2 is 1.69 bits per heavy atom. The predicted octanol–water partition coefficient (Wildman–Crippen LogP) is 4.17. The fourth-order valence-corrected chi connectivity index (χ4v) is 3.57. The fourth-order valence-electron chi connectivity index (χ4n) is 3.57. The molecule has 2 aromatic carbocycles. The lowest BCUT2D eigenvalue weighted by Gasteiger charge is -2.16. The van der Waals surface area contributed by atoms with Crippen LogP contribution in [-0.4, -0.2) is 20.8 Å². The van der Waals surface area contributed by atoms with Gasteiger partial charge in [0, 0.05) is 36.6 Å². The monoisotopic (exact) mass is 343 g/mol. The van der Waals surface area contributed by atoms with Gasteiger partial charge in [0.05, 0.1) is 0 Å². The molecule has 0 unspecified atom stereocenters. The molecule has 4 nitrogen and oxygen atoms in total. The van der Waals surface area contributed by atoms with E-state index in [9.17, 15) is 4.79 Å². The van der Waals surface area contributed by atoms with Crippen LogP contribution >= 0.6 is 0 Å². The summed E-state index contributed by atoms with van der Waals surface area (Å²) in [5.74, 6) is 0.118. The van der Waals surface area contributed by atoms with Gasteiger partial charge in [0.25, 0.3) is 5.91 Å². The van der Waals surface area contributed by atoms with Crippen LogP contribution in [0.2, 0.25) is 0 Å². The molecular weight excluding hydrogens is 322 g/mol. The minimum atomic E-state index is 0.118. The topological polar surface area (TPSA) is 46.1 Å². The zero-order chi connectivity index (χ0) is 18.1. The number of aryl methyl sites for hydroxylation is 2. The molecule has 0 spiro atoms. The molecule has 1 amide bonds. The zero-order valence-corrected chi connectivity index (χ0v) is 15.1. The Kier molecular flexibility index (Phi) is 4.25. The van der Waals surface area contributed by atoms with E-state index >= 15 is 0 Å². The molecule has 4 heteroatoms. The number of carbonyl (C=O) groups excluding carboxylic acids is 1. The van der Waals surface area contributed by atoms with Gasteiger partial charge in [-0.3, -0.25) is 4.79 Å². The Morgan fingerprint density at radius 1 is 1.00 bits per heavy atom. The number of hydrogen-bond acceptors (Lipinski definition) is 3. The van der Waals surface area contributed by atoms with Crippen molar-refractivity contribution in [1.82, 2.24) is 14.9 Å². The third kappa shape index (κ3) is 2.99. The van der Waals surface area contributed by atoms with Gasteiger partial charge in [0.15, 0.2) is 0 Å². The number of benzene rings is 2. The molecule has 1 aliphatic rings. The Balaban J connectivity index is 1.61. The van der Waals surface area contributed by atoms with Crippen molar-refractivity contribution in [2.24, 2.45) is 0 Å². The molecule has 130 valence electrons. The quantitative estimate of drug-likeness (QED) is 0.714. The van der Waals surface area contributed by atoms with Gasteiger partial charge in [-0.25, -0.2) is 9.97 Å². The lowest BCUT2D eigenvalue weighted by atomic mass is 9.97. The first-order valence-electron chi connectivity index (χ1n) is 8.91. The maximum Gasteiger partial charge on any atom is 0.255 e. The normalized spacial score (nSPS) is 13.2. The van der Waals surface area contributed by atoms with Crippen molar-refractivity contribution in [2.75, 3.05) is 0 Å². The maximum absolute atomic E-state index is 12.9. The van der Waals surface area contributed by atoms with Crippen molar-refractivity contribution in [1.29, 1.82) is 0 Å². The van der Waals surface area contributed by atoms with E-state index in [1.807, 2.05) is 11.8 Å². The summed E-state index contributed by atoms with van der Waals surface area (Å²) in [6.07, 6.45) is 6.16. The number of nitrogens with zero attached hydrogens (tertiary/aromatic N) is 3. The van der Waals surface area contributed by atoms with E-state index in [0.717, 1.165) is 39.8 Å². The summed E-state index contributed by atoms with van der Waals surface area (Å²) < 4.78 is 0. The first kappa shape index (κ1) is 16.5. The Hall–Kier alpha value is -3.01. The van der Waals surface area contributed by atoms with E-state index in [4.69, 9.17) is 0 Å². The van der Waals surface area contributed by atoms with Gasteiger partial charge in [-0.05, 0) is 47.2 Å². The second-order valence-corrected chi connectivity index (χ2v) is 6.79. The molecule has 0 atom stereocenters. The van der Waals surface area contributed by atoms with Crippen molar-refractivity contribution < 1.29 is 4.79 Å². The molecule has 0 fully saturated rings. The van der Waals surface area contributed by atoms with E-state index in [2.05, 4.69) is 53.3 Å². The largest absolute Gasteiger partial charge is 0.330 e. The molecule has 1 aromatic heterocycles. The van der Waals surface area contributed by atoms with E-state index in [0.29, 0.717) is 13.1 Å². The molecule has 0 bridgehead atoms. The lowest BCUT2D eigenvalue weighted by Crippen LogP contribution is -2.23. The van der Waals surface area contributed by atoms with E-state index in [1.165, 1.54) is 11.9 Å². The zero-order valence-electron chi connectivity index (χ0n) is 15.1. The third-order valence-corrected chi connectivity index (χ3v) is 4.98. The van der Waals surface area contributed by atoms with E-state index in [1.54, 1.807) is 12.4 Å². The third-order valence-electron chi connectivity index (χ3n) is 4.98. The van der Waals surface area contributed by atoms with Crippen molar-refractivity contribution >= 4 is 5.91 Å². The first-order chi connectivity index (χ1) is 12.7. The van der Waals surface area contributed by atoms with Crippen molar-refractivity contribution in [2.45, 2.75) is 33.4 Å². The summed E-state index contributed by atoms with van der Waals surface area (Å²) in [6, 6.07) is 12.7. The summed E-state index contributed by atoms with van der Waals surface area (Å²) in [5.41, 5.74) is 7.45. The van der Waals surface area contributed by atoms with Gasteiger partial charge >= 0.3 is 0 Å². The highest BCUT2D eigenvalue weighted by atomic mass is 16.2. The number of carbonyl (C=O) groups is 1. The molecule has 26 heavy (non-hydrogen) atoms. The lowest BCUT2D eigenvalue weighted by molar-refractivity contribution is 0.0766. The van der Waals surface area contributed by atoms with Crippen LogP contribution < -0.4 is 0 Å². The number of rotatable bonds is 4. The van der Waals surface area contributed by atoms with Gasteiger partial charge in [-0.1, -0.05) is 37.3 Å². The highest BCUT2D eigenvalue weighted by molar-refractivity contribution is 6.00. The van der Waals surface area contributed by atoms with Crippen LogP contribution in [0.3, 0.4) is 0 Å². The molecule has 0 aliphatic carbocycles. The highest BCUT2D eigenvalue weighted by Crippen LogP contribution is 2.31. The van der Waals surface area contributed by atoms with Crippen molar-refractivity contribution in [3.05, 3.63) is 82.9 Å². The summed E-state index contributed by atoms with van der Waals surface area (Å²) in [7, 11) is 0. The van der Waals surface area contributed by atoms with Gasteiger partial charge in [-0.2, -0.15) is 0 Å². The number of hydrogen-bond donors (Lipinski definition) is 0. The smallest absolute Gasteiger partial charge is 0.255 e. The van der Waals surface area contributed by atoms with E-state index < -0.39 is 0 Å². The fraction of sp³-hybridized carbons (Fsp3) is 0.227. The highest BCUT2D eigenvalue weighted by Gasteiger charge is 2.29. The molecule has 0 radical (unpaired) electrons. The molecule has 4 rings (SSSR count). The van der Waals surface area contributed by atoms with Crippen molar-refractivity contribution in [3.8, 4) is 11.1 Å². The van der Waals surface area contributed by atoms with Crippen LogP contribution in [0.1, 0.15) is 39.5 Å². The molecule has 3 aromatic rings. The summed E-state index contributed by atoms with van der Waals surface area (Å²) in [5, 5.41) is 0. The Labute approximate surface area is 153 Å². The van der Waals surface area contributed by atoms with Gasteiger partial charge in [0.2, 0.25) is 0 Å². The molecular formula is C22H21N3O. The van der Waals surface area contributed by atoms with Gasteiger partial charge < -0.3 is 4.90 Å². The molecule has 2 heterocycles. The average Bonchev–Trinajstić information content (AvgIpc) is 2.99. The number of aromatic nitrogens is 2. The number of fused-ring (bicyclic) bond motifs is 1. The second-order valence-electron chi connectivity index (χ2n) is 6.79. The summed E-state index contributed by atoms with van der Waals surface area (Å²) >= 11 is 0. The first-order valence-corrected chi connectivity index (χ1v) is 8.91. The molecule has 0 N–H and O–H groups in total.